The molecule has 0 radical (unpaired) electrons. The zero-order chi connectivity index (χ0) is 14.8. The molecule has 0 aliphatic carbocycles. The van der Waals surface area contributed by atoms with E-state index in [-0.39, 0.29) is 5.97 Å². The summed E-state index contributed by atoms with van der Waals surface area (Å²) in [6.07, 6.45) is 1.58. The Morgan fingerprint density at radius 1 is 1.45 bits per heavy atom. The molecule has 0 saturated carbocycles. The van der Waals surface area contributed by atoms with Crippen LogP contribution in [-0.2, 0) is 14.9 Å². The molecule has 0 atom stereocenters. The predicted octanol–water partition coefficient (Wildman–Crippen LogP) is 3.70. The molecule has 0 unspecified atom stereocenters. The van der Waals surface area contributed by atoms with E-state index in [9.17, 15) is 4.79 Å². The summed E-state index contributed by atoms with van der Waals surface area (Å²) in [6.45, 7) is 5.76. The maximum absolute atomic E-state index is 12.0. The summed E-state index contributed by atoms with van der Waals surface area (Å²) < 4.78 is 5.08. The van der Waals surface area contributed by atoms with Gasteiger partial charge in [-0.25, -0.2) is 4.98 Å². The summed E-state index contributed by atoms with van der Waals surface area (Å²) in [5, 5.41) is 3.20. The number of pyridine rings is 1. The lowest BCUT2D eigenvalue weighted by Crippen LogP contribution is -2.31. The molecule has 2 aromatic rings. The highest BCUT2D eigenvalue weighted by atomic mass is 35.5. The lowest BCUT2D eigenvalue weighted by atomic mass is 9.90. The number of hydrogen-bond acceptors (Lipinski definition) is 5. The fourth-order valence-corrected chi connectivity index (χ4v) is 2.67. The van der Waals surface area contributed by atoms with Crippen molar-refractivity contribution in [2.24, 2.45) is 0 Å². The largest absolute Gasteiger partial charge is 0.465 e. The van der Waals surface area contributed by atoms with Crippen LogP contribution in [0.3, 0.4) is 0 Å². The highest BCUT2D eigenvalue weighted by Crippen LogP contribution is 2.30. The fraction of sp³-hybridized carbons (Fsp3) is 0.357. The van der Waals surface area contributed by atoms with E-state index in [0.29, 0.717) is 17.3 Å². The molecule has 2 aromatic heterocycles. The van der Waals surface area contributed by atoms with Crippen molar-refractivity contribution in [3.05, 3.63) is 34.4 Å². The Morgan fingerprint density at radius 2 is 2.20 bits per heavy atom. The normalized spacial score (nSPS) is 11.4. The smallest absolute Gasteiger partial charge is 0.317 e. The minimum Gasteiger partial charge on any atom is -0.465 e. The Bertz CT molecular complexity index is 608. The van der Waals surface area contributed by atoms with Crippen LogP contribution in [0.15, 0.2) is 23.7 Å². The summed E-state index contributed by atoms with van der Waals surface area (Å²) in [4.78, 5) is 20.7. The molecule has 0 fully saturated rings. The molecular formula is C14H15ClN2O2S. The van der Waals surface area contributed by atoms with Gasteiger partial charge >= 0.3 is 5.97 Å². The van der Waals surface area contributed by atoms with Gasteiger partial charge in [0.2, 0.25) is 0 Å². The van der Waals surface area contributed by atoms with Gasteiger partial charge in [0.25, 0.3) is 0 Å². The maximum atomic E-state index is 12.0. The lowest BCUT2D eigenvalue weighted by Gasteiger charge is -2.19. The minimum absolute atomic E-state index is 0.277. The van der Waals surface area contributed by atoms with Crippen LogP contribution in [0.1, 0.15) is 26.5 Å². The van der Waals surface area contributed by atoms with Gasteiger partial charge in [0.05, 0.1) is 23.0 Å². The summed E-state index contributed by atoms with van der Waals surface area (Å²) in [5.74, 6) is -0.277. The van der Waals surface area contributed by atoms with Crippen LogP contribution in [0.5, 0.6) is 0 Å². The highest BCUT2D eigenvalue weighted by molar-refractivity contribution is 7.13. The van der Waals surface area contributed by atoms with Crippen LogP contribution in [-0.4, -0.2) is 22.5 Å². The van der Waals surface area contributed by atoms with Crippen LogP contribution < -0.4 is 0 Å². The number of aromatic nitrogens is 2. The molecule has 0 spiro atoms. The number of halogens is 1. The Balaban J connectivity index is 2.28. The SMILES string of the molecule is CCOC(=O)C(C)(C)c1csc(-c2ccc(Cl)cn2)n1. The third-order valence-corrected chi connectivity index (χ3v) is 3.97. The zero-order valence-electron chi connectivity index (χ0n) is 11.5. The van der Waals surface area contributed by atoms with Gasteiger partial charge in [-0.05, 0) is 32.9 Å². The first-order valence-corrected chi connectivity index (χ1v) is 7.46. The van der Waals surface area contributed by atoms with Gasteiger partial charge in [-0.2, -0.15) is 0 Å². The van der Waals surface area contributed by atoms with Gasteiger partial charge in [0, 0.05) is 11.6 Å². The van der Waals surface area contributed by atoms with Crippen molar-refractivity contribution in [1.82, 2.24) is 9.97 Å². The van der Waals surface area contributed by atoms with Crippen LogP contribution in [0.4, 0.5) is 0 Å². The molecule has 0 bridgehead atoms. The van der Waals surface area contributed by atoms with Gasteiger partial charge in [0.1, 0.15) is 10.4 Å². The fourth-order valence-electron chi connectivity index (χ4n) is 1.60. The average Bonchev–Trinajstić information content (AvgIpc) is 2.90. The van der Waals surface area contributed by atoms with Crippen LogP contribution in [0.25, 0.3) is 10.7 Å². The van der Waals surface area contributed by atoms with Crippen molar-refractivity contribution < 1.29 is 9.53 Å². The molecular weight excluding hydrogens is 296 g/mol. The molecule has 0 aliphatic rings. The number of nitrogens with zero attached hydrogens (tertiary/aromatic N) is 2. The summed E-state index contributed by atoms with van der Waals surface area (Å²) in [7, 11) is 0. The number of carbonyl (C=O) groups is 1. The topological polar surface area (TPSA) is 52.1 Å². The number of thiazole rings is 1. The second-order valence-corrected chi connectivity index (χ2v) is 6.04. The van der Waals surface area contributed by atoms with E-state index in [1.54, 1.807) is 33.0 Å². The Morgan fingerprint density at radius 3 is 2.80 bits per heavy atom. The molecule has 2 heterocycles. The van der Waals surface area contributed by atoms with Gasteiger partial charge < -0.3 is 4.74 Å². The first kappa shape index (κ1) is 14.9. The molecule has 20 heavy (non-hydrogen) atoms. The molecule has 0 saturated heterocycles. The van der Waals surface area contributed by atoms with Gasteiger partial charge in [-0.1, -0.05) is 11.6 Å². The van der Waals surface area contributed by atoms with E-state index in [2.05, 4.69) is 9.97 Å². The molecule has 106 valence electrons. The maximum Gasteiger partial charge on any atom is 0.317 e. The van der Waals surface area contributed by atoms with Crippen molar-refractivity contribution >= 4 is 28.9 Å². The second kappa shape index (κ2) is 5.89. The molecule has 4 nitrogen and oxygen atoms in total. The zero-order valence-corrected chi connectivity index (χ0v) is 13.1. The number of esters is 1. The van der Waals surface area contributed by atoms with Crippen molar-refractivity contribution in [3.8, 4) is 10.7 Å². The van der Waals surface area contributed by atoms with E-state index < -0.39 is 5.41 Å². The second-order valence-electron chi connectivity index (χ2n) is 4.75. The van der Waals surface area contributed by atoms with Crippen LogP contribution in [0.2, 0.25) is 5.02 Å². The van der Waals surface area contributed by atoms with Crippen LogP contribution >= 0.6 is 22.9 Å². The number of carbonyl (C=O) groups excluding carboxylic acids is 1. The lowest BCUT2D eigenvalue weighted by molar-refractivity contribution is -0.148. The van der Waals surface area contributed by atoms with E-state index in [1.807, 2.05) is 11.4 Å². The monoisotopic (exact) mass is 310 g/mol. The first-order chi connectivity index (χ1) is 9.45. The Kier molecular flexibility index (Phi) is 4.40. The molecule has 0 N–H and O–H groups in total. The van der Waals surface area contributed by atoms with Gasteiger partial charge in [0.15, 0.2) is 0 Å². The molecule has 0 aromatic carbocycles. The molecule has 0 amide bonds. The number of rotatable bonds is 4. The predicted molar refractivity (Wildman–Crippen MR) is 80.0 cm³/mol. The minimum atomic E-state index is -0.767. The summed E-state index contributed by atoms with van der Waals surface area (Å²) >= 11 is 7.26. The highest BCUT2D eigenvalue weighted by Gasteiger charge is 2.34. The van der Waals surface area contributed by atoms with Crippen molar-refractivity contribution in [1.29, 1.82) is 0 Å². The van der Waals surface area contributed by atoms with E-state index in [1.165, 1.54) is 11.3 Å². The third kappa shape index (κ3) is 2.99. The standard InChI is InChI=1S/C14H15ClN2O2S/c1-4-19-13(18)14(2,3)11-8-20-12(17-11)10-6-5-9(15)7-16-10/h5-8H,4H2,1-3H3. The van der Waals surface area contributed by atoms with E-state index in [4.69, 9.17) is 16.3 Å². The van der Waals surface area contributed by atoms with E-state index in [0.717, 1.165) is 10.7 Å². The van der Waals surface area contributed by atoms with Crippen molar-refractivity contribution in [3.63, 3.8) is 0 Å². The summed E-state index contributed by atoms with van der Waals surface area (Å²) in [6, 6.07) is 3.57. The quantitative estimate of drug-likeness (QED) is 0.808. The summed E-state index contributed by atoms with van der Waals surface area (Å²) in [5.41, 5.74) is 0.662. The van der Waals surface area contributed by atoms with E-state index >= 15 is 0 Å². The van der Waals surface area contributed by atoms with Crippen molar-refractivity contribution in [2.75, 3.05) is 6.61 Å². The van der Waals surface area contributed by atoms with Crippen LogP contribution in [0, 0.1) is 0 Å². The average molecular weight is 311 g/mol. The third-order valence-electron chi connectivity index (χ3n) is 2.88. The Labute approximate surface area is 126 Å². The molecule has 6 heteroatoms. The number of ether oxygens (including phenoxy) is 1. The molecule has 2 rings (SSSR count). The van der Waals surface area contributed by atoms with Gasteiger partial charge in [-0.15, -0.1) is 11.3 Å². The van der Waals surface area contributed by atoms with Gasteiger partial charge in [-0.3, -0.25) is 9.78 Å². The molecule has 0 aliphatic heterocycles. The first-order valence-electron chi connectivity index (χ1n) is 6.20. The number of hydrogen-bond donors (Lipinski definition) is 0. The Hall–Kier alpha value is -1.46. The van der Waals surface area contributed by atoms with Crippen molar-refractivity contribution in [2.45, 2.75) is 26.2 Å².